The molecule has 2 N–H and O–H groups in total. The number of ether oxygens (including phenoxy) is 2. The summed E-state index contributed by atoms with van der Waals surface area (Å²) in [5, 5.41) is 18.5. The maximum atomic E-state index is 12.1. The van der Waals surface area contributed by atoms with Crippen molar-refractivity contribution in [2.75, 3.05) is 6.61 Å². The number of aliphatic hydroxyl groups is 1. The predicted molar refractivity (Wildman–Crippen MR) is 103 cm³/mol. The Bertz CT molecular complexity index is 698. The van der Waals surface area contributed by atoms with Gasteiger partial charge in [0.25, 0.3) is 0 Å². The molecule has 0 heterocycles. The number of esters is 1. The summed E-state index contributed by atoms with van der Waals surface area (Å²) in [5.41, 5.74) is -1.23. The molecule has 154 valence electrons. The number of hydrogen-bond donors (Lipinski definition) is 2. The first-order valence-electron chi connectivity index (χ1n) is 9.15. The van der Waals surface area contributed by atoms with E-state index in [0.29, 0.717) is 17.7 Å². The molecule has 1 aromatic rings. The van der Waals surface area contributed by atoms with Crippen molar-refractivity contribution < 1.29 is 34.1 Å². The second kappa shape index (κ2) is 10.6. The fraction of sp³-hybridized carbons (Fsp3) is 0.476. The van der Waals surface area contributed by atoms with Gasteiger partial charge in [0.15, 0.2) is 5.78 Å². The third-order valence-corrected chi connectivity index (χ3v) is 3.91. The highest BCUT2D eigenvalue weighted by atomic mass is 16.6. The summed E-state index contributed by atoms with van der Waals surface area (Å²) in [6, 6.07) is 6.35. The molecule has 0 aliphatic heterocycles. The number of carbonyl (C=O) groups excluding carboxylic acids is 2. The maximum absolute atomic E-state index is 12.1. The van der Waals surface area contributed by atoms with Crippen LogP contribution in [-0.2, 0) is 14.3 Å². The summed E-state index contributed by atoms with van der Waals surface area (Å²) in [6.45, 7) is 8.25. The van der Waals surface area contributed by atoms with Crippen LogP contribution in [0.25, 0.3) is 0 Å². The highest BCUT2D eigenvalue weighted by Gasteiger charge is 2.25. The minimum Gasteiger partial charge on any atom is -0.487 e. The van der Waals surface area contributed by atoms with Gasteiger partial charge in [-0.25, -0.2) is 4.79 Å². The lowest BCUT2D eigenvalue weighted by atomic mass is 9.97. The summed E-state index contributed by atoms with van der Waals surface area (Å²) >= 11 is 0. The molecule has 1 atom stereocenters. The molecule has 1 aromatic carbocycles. The van der Waals surface area contributed by atoms with E-state index in [1.807, 2.05) is 6.92 Å². The Kier molecular flexibility index (Phi) is 8.85. The molecular weight excluding hydrogens is 364 g/mol. The lowest BCUT2D eigenvalue weighted by Crippen LogP contribution is -2.31. The van der Waals surface area contributed by atoms with Gasteiger partial charge in [-0.15, -0.1) is 0 Å². The van der Waals surface area contributed by atoms with E-state index in [1.165, 1.54) is 13.8 Å². The summed E-state index contributed by atoms with van der Waals surface area (Å²) in [6.07, 6.45) is 1.53. The Hall–Kier alpha value is -2.67. The number of carboxylic acid groups (broad SMARTS) is 1. The van der Waals surface area contributed by atoms with Crippen LogP contribution in [0.2, 0.25) is 0 Å². The van der Waals surface area contributed by atoms with Gasteiger partial charge in [-0.05, 0) is 51.0 Å². The van der Waals surface area contributed by atoms with Gasteiger partial charge in [-0.2, -0.15) is 0 Å². The number of unbranched alkanes of at least 4 members (excludes halogenated alkanes) is 1. The Morgan fingerprint density at radius 1 is 1.18 bits per heavy atom. The van der Waals surface area contributed by atoms with Gasteiger partial charge in [-0.3, -0.25) is 9.59 Å². The molecule has 0 aliphatic rings. The molecule has 0 radical (unpaired) electrons. The monoisotopic (exact) mass is 392 g/mol. The molecule has 0 saturated carbocycles. The molecule has 28 heavy (non-hydrogen) atoms. The van der Waals surface area contributed by atoms with E-state index in [-0.39, 0.29) is 12.2 Å². The zero-order valence-corrected chi connectivity index (χ0v) is 16.6. The van der Waals surface area contributed by atoms with E-state index in [0.717, 1.165) is 12.8 Å². The normalized spacial score (nSPS) is 12.1. The number of carboxylic acids is 1. The summed E-state index contributed by atoms with van der Waals surface area (Å²) in [4.78, 5) is 34.5. The first-order chi connectivity index (χ1) is 13.0. The molecule has 1 rings (SSSR count). The Labute approximate surface area is 165 Å². The van der Waals surface area contributed by atoms with Crippen molar-refractivity contribution in [3.8, 4) is 5.75 Å². The standard InChI is InChI=1S/C21H28O7/c1-5-6-7-17(13-27-20(25)14(2)12-18(22)23)28-16-10-8-15(9-11-16)19(24)21(3,4)26/h8-11,17,26H,2,5-7,12-13H2,1,3-4H3,(H,22,23). The summed E-state index contributed by atoms with van der Waals surface area (Å²) in [7, 11) is 0. The van der Waals surface area contributed by atoms with Crippen molar-refractivity contribution in [2.24, 2.45) is 0 Å². The van der Waals surface area contributed by atoms with Crippen LogP contribution in [0.1, 0.15) is 56.8 Å². The Morgan fingerprint density at radius 3 is 2.29 bits per heavy atom. The van der Waals surface area contributed by atoms with Gasteiger partial charge >= 0.3 is 11.9 Å². The van der Waals surface area contributed by atoms with Crippen LogP contribution in [0.15, 0.2) is 36.4 Å². The molecule has 0 saturated heterocycles. The van der Waals surface area contributed by atoms with E-state index < -0.39 is 35.8 Å². The SMILES string of the molecule is C=C(CC(=O)O)C(=O)OCC(CCCC)Oc1ccc(C(=O)C(C)(C)O)cc1. The van der Waals surface area contributed by atoms with Crippen LogP contribution in [0.3, 0.4) is 0 Å². The molecule has 1 unspecified atom stereocenters. The van der Waals surface area contributed by atoms with E-state index in [1.54, 1.807) is 24.3 Å². The fourth-order valence-electron chi connectivity index (χ4n) is 2.36. The number of aliphatic carboxylic acids is 1. The molecule has 7 nitrogen and oxygen atoms in total. The highest BCUT2D eigenvalue weighted by molar-refractivity contribution is 6.01. The second-order valence-corrected chi connectivity index (χ2v) is 7.07. The molecular formula is C21H28O7. The Morgan fingerprint density at radius 2 is 1.79 bits per heavy atom. The average molecular weight is 392 g/mol. The van der Waals surface area contributed by atoms with Gasteiger partial charge in [0.1, 0.15) is 24.1 Å². The van der Waals surface area contributed by atoms with Crippen LogP contribution in [0, 0.1) is 0 Å². The number of Topliss-reactive ketones (excluding diaryl/α,β-unsaturated/α-hetero) is 1. The van der Waals surface area contributed by atoms with Crippen LogP contribution < -0.4 is 4.74 Å². The first-order valence-corrected chi connectivity index (χ1v) is 9.15. The lowest BCUT2D eigenvalue weighted by molar-refractivity contribution is -0.144. The van der Waals surface area contributed by atoms with E-state index in [4.69, 9.17) is 14.6 Å². The van der Waals surface area contributed by atoms with Crippen LogP contribution in [0.4, 0.5) is 0 Å². The molecule has 0 spiro atoms. The van der Waals surface area contributed by atoms with Crippen LogP contribution in [0.5, 0.6) is 5.75 Å². The average Bonchev–Trinajstić information content (AvgIpc) is 2.62. The van der Waals surface area contributed by atoms with Crippen molar-refractivity contribution in [3.05, 3.63) is 42.0 Å². The number of carbonyl (C=O) groups is 3. The van der Waals surface area contributed by atoms with E-state index in [2.05, 4.69) is 6.58 Å². The molecule has 0 aromatic heterocycles. The third kappa shape index (κ3) is 7.92. The number of benzene rings is 1. The Balaban J connectivity index is 2.73. The molecule has 0 fully saturated rings. The first kappa shape index (κ1) is 23.4. The van der Waals surface area contributed by atoms with Crippen molar-refractivity contribution in [1.82, 2.24) is 0 Å². The van der Waals surface area contributed by atoms with E-state index in [9.17, 15) is 19.5 Å². The quantitative estimate of drug-likeness (QED) is 0.319. The zero-order valence-electron chi connectivity index (χ0n) is 16.6. The number of rotatable bonds is 12. The molecule has 0 aliphatic carbocycles. The summed E-state index contributed by atoms with van der Waals surface area (Å²) in [5.74, 6) is -1.82. The van der Waals surface area contributed by atoms with Crippen molar-refractivity contribution >= 4 is 17.7 Å². The van der Waals surface area contributed by atoms with E-state index >= 15 is 0 Å². The third-order valence-electron chi connectivity index (χ3n) is 3.91. The predicted octanol–water partition coefficient (Wildman–Crippen LogP) is 3.15. The number of hydrogen-bond acceptors (Lipinski definition) is 6. The minimum absolute atomic E-state index is 0.0399. The van der Waals surface area contributed by atoms with Gasteiger partial charge in [-0.1, -0.05) is 19.9 Å². The largest absolute Gasteiger partial charge is 0.487 e. The van der Waals surface area contributed by atoms with Gasteiger partial charge < -0.3 is 19.7 Å². The van der Waals surface area contributed by atoms with Crippen molar-refractivity contribution in [2.45, 2.75) is 58.2 Å². The summed E-state index contributed by atoms with van der Waals surface area (Å²) < 4.78 is 11.0. The maximum Gasteiger partial charge on any atom is 0.334 e. The van der Waals surface area contributed by atoms with Gasteiger partial charge in [0.2, 0.25) is 0 Å². The number of ketones is 1. The van der Waals surface area contributed by atoms with Gasteiger partial charge in [0.05, 0.1) is 6.42 Å². The lowest BCUT2D eigenvalue weighted by Gasteiger charge is -2.20. The zero-order chi connectivity index (χ0) is 21.3. The molecule has 0 amide bonds. The van der Waals surface area contributed by atoms with Crippen molar-refractivity contribution in [1.29, 1.82) is 0 Å². The highest BCUT2D eigenvalue weighted by Crippen LogP contribution is 2.19. The molecule has 7 heteroatoms. The second-order valence-electron chi connectivity index (χ2n) is 7.07. The smallest absolute Gasteiger partial charge is 0.334 e. The van der Waals surface area contributed by atoms with Crippen LogP contribution in [-0.4, -0.2) is 46.2 Å². The molecule has 0 bridgehead atoms. The topological polar surface area (TPSA) is 110 Å². The minimum atomic E-state index is -1.46. The van der Waals surface area contributed by atoms with Gasteiger partial charge in [0, 0.05) is 11.1 Å². The van der Waals surface area contributed by atoms with Crippen molar-refractivity contribution in [3.63, 3.8) is 0 Å². The van der Waals surface area contributed by atoms with Crippen LogP contribution >= 0.6 is 0 Å². The fourth-order valence-corrected chi connectivity index (χ4v) is 2.36.